The molecule has 7 fully saturated rings. The van der Waals surface area contributed by atoms with Crippen molar-refractivity contribution in [3.8, 4) is 0 Å². The first-order valence-corrected chi connectivity index (χ1v) is 51.0. The molecule has 4 aromatic carbocycles. The molecular formula is C88H98Cl4F4N6O35P4. The number of carbonyl (C=O) groups is 12. The maximum absolute atomic E-state index is 16.0. The molecule has 0 aromatic heterocycles. The Kier molecular flexibility index (Phi) is 34.8. The molecule has 23 atom stereocenters. The van der Waals surface area contributed by atoms with Gasteiger partial charge >= 0.3 is 55.0 Å². The number of esters is 4. The number of nitrogens with one attached hydrogen (secondary N) is 2. The predicted octanol–water partition coefficient (Wildman–Crippen LogP) is 13.5. The first-order chi connectivity index (χ1) is 66.2. The van der Waals surface area contributed by atoms with Crippen molar-refractivity contribution in [2.75, 3.05) is 46.3 Å². The topological polar surface area (TPSA) is 486 Å². The lowest BCUT2D eigenvalue weighted by Gasteiger charge is -2.42. The van der Waals surface area contributed by atoms with E-state index in [0.717, 1.165) is 117 Å². The average Bonchev–Trinajstić information content (AvgIpc) is 1.60. The highest BCUT2D eigenvalue weighted by Gasteiger charge is 2.65. The fourth-order valence-electron chi connectivity index (χ4n) is 16.4. The molecule has 0 aliphatic carbocycles. The minimum Gasteiger partial charge on any atom is -0.456 e. The number of rotatable bonds is 24. The summed E-state index contributed by atoms with van der Waals surface area (Å²) < 4.78 is 220. The average molecular weight is 2140 g/mol. The van der Waals surface area contributed by atoms with E-state index in [1.165, 1.54) is 6.92 Å². The molecular weight excluding hydrogens is 2040 g/mol. The van der Waals surface area contributed by atoms with Gasteiger partial charge in [0, 0.05) is 96.2 Å². The van der Waals surface area contributed by atoms with Crippen molar-refractivity contribution in [1.29, 1.82) is 0 Å². The molecule has 0 radical (unpaired) electrons. The quantitative estimate of drug-likeness (QED) is 0.0216. The maximum Gasteiger partial charge on any atom is 0.479 e. The monoisotopic (exact) mass is 2140 g/mol. The lowest BCUT2D eigenvalue weighted by atomic mass is 9.83. The Morgan fingerprint density at radius 3 is 1.20 bits per heavy atom. The molecule has 141 heavy (non-hydrogen) atoms. The van der Waals surface area contributed by atoms with Crippen LogP contribution in [0.15, 0.2) is 140 Å². The van der Waals surface area contributed by atoms with Crippen LogP contribution in [0.5, 0.6) is 0 Å². The molecule has 12 heterocycles. The third kappa shape index (κ3) is 26.3. The van der Waals surface area contributed by atoms with Gasteiger partial charge in [0.15, 0.2) is 108 Å². The second kappa shape index (κ2) is 44.8. The number of allylic oxidation sites excluding steroid dienone is 4. The standard InChI is InChI=1S/C24H29ClFN2O8P.C22H24ClFNO9P.C21H23ClFN2O8P.C21H22ClFNO10P/c1-14(29)34-21-18(35-22(24(21,4)26)28-9-8-17(30)11-19(28)31)12-33-37(32)27-13-23(2,3)20(36-37)15-6-5-7-16(25)10-15;1-3-19(28)34-20-17(33-21(22(20,2)24)25-7-6-16(26)9-18(25)27)12-32-35(29)30-10-13-4-5-15(23)8-14(13)11-31-35;1-12(26)31-19-17(32-20(21(19,2)23)25-7-6-15(27)9-18(25)28)11-30-34(29)24-10-16(33-34)13-4-3-5-14(22)8-13;1-12(25)32-18-16(33-20(21(18,2)23)24-7-6-15(26)9-17(24)27)10-30-35(28)31-11-29-19(34-35)13-4-3-5-14(22)8-13/h5-10,18,20-22H,11-13H2,1-4H3,(H,27,32);4-8,17,20-21H,3,9-12H2,1-2H3;3-8,16-17,19-20H,9-11H2,1-2H3,(H,24,29);3-8,16,18-20H,9-11H2,1-2H3/t18-,20?,21-,22-,24-,37?;17-,20-,21-,22-,35?;16?,17-,19-,20-,21-,34?;16-,18-,19?,20-,21-,35?/m1111/s1. The molecule has 7 saturated heterocycles. The van der Waals surface area contributed by atoms with Gasteiger partial charge in [-0.05, 0) is 123 Å². The molecule has 4 amide bonds. The van der Waals surface area contributed by atoms with Crippen molar-refractivity contribution in [1.82, 2.24) is 29.8 Å². The first-order valence-electron chi connectivity index (χ1n) is 43.5. The molecule has 12 aliphatic rings. The van der Waals surface area contributed by atoms with Crippen LogP contribution in [0.3, 0.4) is 0 Å². The molecule has 0 saturated carbocycles. The molecule has 2 N–H and O–H groups in total. The summed E-state index contributed by atoms with van der Waals surface area (Å²) in [7, 11) is -16.1. The fraction of sp³-hybridized carbons (Fsp3) is 0.500. The molecule has 766 valence electrons. The zero-order chi connectivity index (χ0) is 103. The van der Waals surface area contributed by atoms with Gasteiger partial charge in [0.2, 0.25) is 23.6 Å². The zero-order valence-corrected chi connectivity index (χ0v) is 83.3. The van der Waals surface area contributed by atoms with Crippen LogP contribution in [-0.2, 0) is 177 Å². The summed E-state index contributed by atoms with van der Waals surface area (Å²) in [4.78, 5) is 146. The van der Waals surface area contributed by atoms with E-state index in [1.54, 1.807) is 91.0 Å². The van der Waals surface area contributed by atoms with Gasteiger partial charge in [0.1, 0.15) is 30.5 Å². The summed E-state index contributed by atoms with van der Waals surface area (Å²) in [6.07, 6.45) is -12.3. The lowest BCUT2D eigenvalue weighted by molar-refractivity contribution is -0.191. The molecule has 16 rings (SSSR count). The Bertz CT molecular complexity index is 5840. The van der Waals surface area contributed by atoms with Crippen LogP contribution in [0.25, 0.3) is 0 Å². The second-order valence-corrected chi connectivity index (χ2v) is 43.5. The van der Waals surface area contributed by atoms with Gasteiger partial charge in [0.25, 0.3) is 0 Å². The number of nitrogens with zero attached hydrogens (tertiary/aromatic N) is 4. The van der Waals surface area contributed by atoms with E-state index < -0.39 is 281 Å². The minimum absolute atomic E-state index is 0.0343. The lowest BCUT2D eigenvalue weighted by Crippen LogP contribution is -2.52. The van der Waals surface area contributed by atoms with Crippen molar-refractivity contribution >= 4 is 148 Å². The predicted molar refractivity (Wildman–Crippen MR) is 480 cm³/mol. The smallest absolute Gasteiger partial charge is 0.456 e. The van der Waals surface area contributed by atoms with Crippen molar-refractivity contribution in [2.45, 2.75) is 229 Å². The van der Waals surface area contributed by atoms with Crippen molar-refractivity contribution in [2.24, 2.45) is 5.41 Å². The number of alkyl halides is 4. The molecule has 7 unspecified atom stereocenters. The largest absolute Gasteiger partial charge is 0.479 e. The third-order valence-corrected chi connectivity index (χ3v) is 30.1. The zero-order valence-electron chi connectivity index (χ0n) is 76.7. The van der Waals surface area contributed by atoms with Gasteiger partial charge in [-0.1, -0.05) is 110 Å². The molecule has 0 bridgehead atoms. The second-order valence-electron chi connectivity index (χ2n) is 34.9. The number of benzene rings is 4. The van der Waals surface area contributed by atoms with E-state index in [9.17, 15) is 75.8 Å². The number of halogens is 8. The van der Waals surface area contributed by atoms with Gasteiger partial charge in [-0.3, -0.25) is 122 Å². The third-order valence-electron chi connectivity index (χ3n) is 23.4. The van der Waals surface area contributed by atoms with Gasteiger partial charge < -0.3 is 42.6 Å². The van der Waals surface area contributed by atoms with Gasteiger partial charge in [-0.25, -0.2) is 46.0 Å². The van der Waals surface area contributed by atoms with Crippen LogP contribution in [0.4, 0.5) is 17.6 Å². The van der Waals surface area contributed by atoms with E-state index in [0.29, 0.717) is 47.9 Å². The van der Waals surface area contributed by atoms with Crippen LogP contribution in [-0.4, -0.2) is 233 Å². The SMILES string of the molecule is CC(=O)O[C@@H]1[C@@H](COP2(=O)NCC(C)(C)C(c3cccc(Cl)c3)O2)O[C@@H](N2C=CC(=O)CC2=O)[C@]1(C)F.CC(=O)O[C@@H]1[C@@H](COP2(=O)NCC(c3cccc(Cl)c3)O2)O[C@@H](N2C=CC(=O)CC2=O)[C@]1(C)F.CC(=O)O[C@@H]1[C@@H](COP2(=O)OCOC(c3cccc(Cl)c3)O2)O[C@@H](N2C=CC(=O)CC2=O)[C@]1(C)F.CCC(=O)O[C@@H]1[C@@H](COP2(=O)OCc3ccc(Cl)cc3CO2)O[C@@H](N2C=CC(=O)CC2=O)[C@]1(C)F. The first kappa shape index (κ1) is 110. The number of hydrogen-bond acceptors (Lipinski definition) is 35. The number of amides is 4. The number of carbonyl (C=O) groups excluding carboxylic acids is 12. The summed E-state index contributed by atoms with van der Waals surface area (Å²) in [5.41, 5.74) is -6.76. The highest BCUT2D eigenvalue weighted by atomic mass is 35.5. The molecule has 41 nitrogen and oxygen atoms in total. The Hall–Kier alpha value is -8.60. The van der Waals surface area contributed by atoms with Gasteiger partial charge in [0.05, 0.1) is 71.4 Å². The van der Waals surface area contributed by atoms with Crippen LogP contribution in [0, 0.1) is 5.41 Å². The molecule has 12 aliphatic heterocycles. The summed E-state index contributed by atoms with van der Waals surface area (Å²) in [5, 5.41) is 7.33. The molecule has 53 heteroatoms. The van der Waals surface area contributed by atoms with Crippen molar-refractivity contribution in [3.63, 3.8) is 0 Å². The minimum atomic E-state index is -4.23. The Morgan fingerprint density at radius 1 is 0.433 bits per heavy atom. The van der Waals surface area contributed by atoms with Crippen LogP contribution < -0.4 is 10.2 Å². The van der Waals surface area contributed by atoms with Crippen LogP contribution in [0.2, 0.25) is 20.1 Å². The van der Waals surface area contributed by atoms with Gasteiger partial charge in [-0.15, -0.1) is 0 Å². The molecule has 4 aromatic rings. The van der Waals surface area contributed by atoms with E-state index in [1.807, 2.05) is 13.8 Å². The Morgan fingerprint density at radius 2 is 0.794 bits per heavy atom. The highest BCUT2D eigenvalue weighted by Crippen LogP contribution is 2.61. The van der Waals surface area contributed by atoms with Crippen molar-refractivity contribution in [3.05, 3.63) is 188 Å². The number of fused-ring (bicyclic) bond motifs is 1. The van der Waals surface area contributed by atoms with Crippen LogP contribution >= 0.6 is 77.5 Å². The number of ketones is 4. The number of ether oxygens (including phenoxy) is 9. The van der Waals surface area contributed by atoms with E-state index in [2.05, 4.69) is 10.2 Å². The Balaban J connectivity index is 0.000000158. The summed E-state index contributed by atoms with van der Waals surface area (Å²) in [6, 6.07) is 25.3. The van der Waals surface area contributed by atoms with Gasteiger partial charge in [-0.2, -0.15) is 0 Å². The normalized spacial score (nSPS) is 34.9. The molecule has 0 spiro atoms. The summed E-state index contributed by atoms with van der Waals surface area (Å²) in [5.74, 6) is -7.48. The van der Waals surface area contributed by atoms with E-state index in [4.69, 9.17) is 134 Å². The Labute approximate surface area is 823 Å². The van der Waals surface area contributed by atoms with Crippen molar-refractivity contribution < 1.29 is 181 Å². The summed E-state index contributed by atoms with van der Waals surface area (Å²) >= 11 is 24.1. The highest BCUT2D eigenvalue weighted by molar-refractivity contribution is 7.52. The van der Waals surface area contributed by atoms with E-state index >= 15 is 17.6 Å². The number of hydrogen-bond donors (Lipinski definition) is 2. The number of phosphoric ester groups is 2. The summed E-state index contributed by atoms with van der Waals surface area (Å²) in [6.45, 7) is 10.9. The number of phosphoric acid groups is 2. The fourth-order valence-corrected chi connectivity index (χ4v) is 22.8. The van der Waals surface area contributed by atoms with E-state index in [-0.39, 0.29) is 32.7 Å². The maximum atomic E-state index is 16.0. The van der Waals surface area contributed by atoms with Crippen LogP contribution in [0.1, 0.15) is 148 Å².